The Kier molecular flexibility index (Phi) is 2.52. The fraction of sp³-hybridized carbons (Fsp3) is 0. The summed E-state index contributed by atoms with van der Waals surface area (Å²) in [6, 6.07) is 0. The quantitative estimate of drug-likeness (QED) is 0.285. The second kappa shape index (κ2) is 2.80. The van der Waals surface area contributed by atoms with Gasteiger partial charge >= 0.3 is 0 Å². The van der Waals surface area contributed by atoms with Gasteiger partial charge in [0.1, 0.15) is 0 Å². The fourth-order valence-electron chi connectivity index (χ4n) is 0.220. The highest BCUT2D eigenvalue weighted by atomic mass is 35.8. The number of hydrogen-bond acceptors (Lipinski definition) is 2. The van der Waals surface area contributed by atoms with Gasteiger partial charge in [0.15, 0.2) is 5.16 Å². The van der Waals surface area contributed by atoms with Gasteiger partial charge < -0.3 is 0 Å². The third-order valence-corrected chi connectivity index (χ3v) is 5.42. The molecule has 1 unspecified atom stereocenters. The van der Waals surface area contributed by atoms with Gasteiger partial charge in [0.05, 0.1) is 0 Å². The summed E-state index contributed by atoms with van der Waals surface area (Å²) in [4.78, 5) is 0. The summed E-state index contributed by atoms with van der Waals surface area (Å²) in [6.45, 7) is 0. The molecule has 1 N–H and O–H groups in total. The predicted molar refractivity (Wildman–Crippen MR) is 42.7 cm³/mol. The highest BCUT2D eigenvalue weighted by Gasteiger charge is 2.35. The number of hydrogen-bond donors (Lipinski definition) is 1. The molecule has 1 rings (SSSR count). The lowest BCUT2D eigenvalue weighted by atomic mass is 11.1. The summed E-state index contributed by atoms with van der Waals surface area (Å²) in [6.07, 6.45) is 0. The molecule has 0 saturated carbocycles. The molecule has 1 aliphatic heterocycles. The van der Waals surface area contributed by atoms with Gasteiger partial charge in [0.2, 0.25) is 30.8 Å². The Morgan fingerprint density at radius 2 is 2.12 bits per heavy atom. The minimum Gasteiger partial charge on any atom is -0.269 e. The minimum absolute atomic E-state index is 0.454. The average molecular weight is 210 g/mol. The van der Waals surface area contributed by atoms with Crippen molar-refractivity contribution in [1.29, 1.82) is 0 Å². The van der Waals surface area contributed by atoms with Crippen LogP contribution in [0.5, 0.6) is 0 Å². The predicted octanol–water partition coefficient (Wildman–Crippen LogP) is 2.53. The summed E-state index contributed by atoms with van der Waals surface area (Å²) >= 11 is 11.1. The smallest absolute Gasteiger partial charge is 0.269 e. The lowest BCUT2D eigenvalue weighted by Gasteiger charge is -1.76. The molecule has 0 bridgehead atoms. The van der Waals surface area contributed by atoms with Gasteiger partial charge in [-0.25, -0.2) is 0 Å². The average Bonchev–Trinajstić information content (AvgIpc) is 1.98. The van der Waals surface area contributed by atoms with E-state index in [2.05, 4.69) is 4.72 Å². The molecule has 1 aliphatic rings. The summed E-state index contributed by atoms with van der Waals surface area (Å²) < 4.78 is 3.24. The van der Waals surface area contributed by atoms with Crippen LogP contribution in [0.4, 0.5) is 0 Å². The molecule has 0 amide bonds. The van der Waals surface area contributed by atoms with Crippen molar-refractivity contribution in [2.45, 2.75) is 0 Å². The molecule has 0 saturated heterocycles. The van der Waals surface area contributed by atoms with E-state index < -0.39 is 9.14 Å². The molecule has 0 spiro atoms. The van der Waals surface area contributed by atoms with E-state index in [1.54, 1.807) is 0 Å². The highest BCUT2D eigenvalue weighted by molar-refractivity contribution is 8.83. The molecule has 1 nitrogen and oxygen atoms in total. The van der Waals surface area contributed by atoms with E-state index in [4.69, 9.17) is 33.9 Å². The molecule has 0 radical (unpaired) electrons. The SMILES string of the molecule is ClC1=C(Cl)[S+](Cl)SN1. The first-order valence-electron chi connectivity index (χ1n) is 1.61. The summed E-state index contributed by atoms with van der Waals surface area (Å²) in [5.41, 5.74) is 0. The molecular formula is C2HCl3NS2+. The zero-order valence-electron chi connectivity index (χ0n) is 3.45. The Morgan fingerprint density at radius 3 is 2.25 bits per heavy atom. The lowest BCUT2D eigenvalue weighted by molar-refractivity contribution is 1.40. The van der Waals surface area contributed by atoms with Crippen molar-refractivity contribution in [3.63, 3.8) is 0 Å². The van der Waals surface area contributed by atoms with Crippen LogP contribution in [0.3, 0.4) is 0 Å². The van der Waals surface area contributed by atoms with Gasteiger partial charge in [-0.1, -0.05) is 11.6 Å². The van der Waals surface area contributed by atoms with Gasteiger partial charge in [0, 0.05) is 0 Å². The number of halogens is 3. The Balaban J connectivity index is 2.71. The molecule has 1 heterocycles. The second-order valence-electron chi connectivity index (χ2n) is 0.997. The van der Waals surface area contributed by atoms with E-state index in [1.807, 2.05) is 0 Å². The standard InChI is InChI=1S/C2HCl3NS2/c3-1-2(4)8(5)7-6-1/h6H/q+1. The second-order valence-corrected chi connectivity index (χ2v) is 6.18. The largest absolute Gasteiger partial charge is 0.293 e. The molecular weight excluding hydrogens is 209 g/mol. The molecule has 0 aromatic heterocycles. The zero-order chi connectivity index (χ0) is 6.15. The van der Waals surface area contributed by atoms with Crippen LogP contribution in [-0.2, 0) is 9.14 Å². The minimum atomic E-state index is -0.457. The van der Waals surface area contributed by atoms with E-state index >= 15 is 0 Å². The molecule has 0 aromatic rings. The third-order valence-electron chi connectivity index (χ3n) is 0.518. The monoisotopic (exact) mass is 208 g/mol. The van der Waals surface area contributed by atoms with Crippen molar-refractivity contribution in [3.8, 4) is 0 Å². The van der Waals surface area contributed by atoms with Crippen LogP contribution in [0, 0.1) is 0 Å². The summed E-state index contributed by atoms with van der Waals surface area (Å²) in [5.74, 6) is 0. The zero-order valence-corrected chi connectivity index (χ0v) is 7.35. The van der Waals surface area contributed by atoms with Crippen molar-refractivity contribution in [3.05, 3.63) is 9.52 Å². The fourth-order valence-corrected chi connectivity index (χ4v) is 3.38. The Bertz CT molecular complexity index is 135. The molecule has 0 aliphatic carbocycles. The van der Waals surface area contributed by atoms with Crippen LogP contribution < -0.4 is 4.72 Å². The van der Waals surface area contributed by atoms with E-state index in [0.29, 0.717) is 9.52 Å². The summed E-state index contributed by atoms with van der Waals surface area (Å²) in [7, 11) is 6.47. The first kappa shape index (κ1) is 7.22. The van der Waals surface area contributed by atoms with E-state index in [1.165, 1.54) is 11.0 Å². The molecule has 6 heteroatoms. The number of nitrogens with one attached hydrogen (secondary N) is 1. The van der Waals surface area contributed by atoms with Crippen LogP contribution in [0.2, 0.25) is 0 Å². The van der Waals surface area contributed by atoms with E-state index in [-0.39, 0.29) is 0 Å². The van der Waals surface area contributed by atoms with Crippen LogP contribution in [0.15, 0.2) is 9.52 Å². The van der Waals surface area contributed by atoms with Gasteiger partial charge in [-0.3, -0.25) is 4.72 Å². The maximum atomic E-state index is 5.61. The summed E-state index contributed by atoms with van der Waals surface area (Å²) in [5, 5.41) is 0.454. The molecule has 0 fully saturated rings. The number of rotatable bonds is 0. The van der Waals surface area contributed by atoms with Crippen molar-refractivity contribution in [1.82, 2.24) is 4.72 Å². The van der Waals surface area contributed by atoms with E-state index in [9.17, 15) is 0 Å². The topological polar surface area (TPSA) is 12.0 Å². The van der Waals surface area contributed by atoms with Gasteiger partial charge in [-0.15, -0.1) is 0 Å². The Labute approximate surface area is 68.1 Å². The molecule has 46 valence electrons. The van der Waals surface area contributed by atoms with Crippen LogP contribution in [0.25, 0.3) is 0 Å². The van der Waals surface area contributed by atoms with Gasteiger partial charge in [-0.2, -0.15) is 0 Å². The molecule has 0 aromatic carbocycles. The first-order chi connectivity index (χ1) is 3.72. The normalized spacial score (nSPS) is 28.6. The molecule has 1 atom stereocenters. The maximum Gasteiger partial charge on any atom is 0.293 e. The lowest BCUT2D eigenvalue weighted by Crippen LogP contribution is -1.87. The van der Waals surface area contributed by atoms with E-state index in [0.717, 1.165) is 0 Å². The van der Waals surface area contributed by atoms with Crippen molar-refractivity contribution < 1.29 is 0 Å². The molecule has 8 heavy (non-hydrogen) atoms. The van der Waals surface area contributed by atoms with Crippen molar-refractivity contribution >= 4 is 54.0 Å². The van der Waals surface area contributed by atoms with Crippen LogP contribution in [0.1, 0.15) is 0 Å². The van der Waals surface area contributed by atoms with Gasteiger partial charge in [0.25, 0.3) is 4.36 Å². The van der Waals surface area contributed by atoms with Crippen molar-refractivity contribution in [2.24, 2.45) is 0 Å². The van der Waals surface area contributed by atoms with Crippen molar-refractivity contribution in [2.75, 3.05) is 0 Å². The van der Waals surface area contributed by atoms with Gasteiger partial charge in [-0.05, 0) is 11.6 Å². The highest BCUT2D eigenvalue weighted by Crippen LogP contribution is 2.39. The maximum absolute atomic E-state index is 5.61. The van der Waals surface area contributed by atoms with Crippen LogP contribution >= 0.6 is 44.9 Å². The van der Waals surface area contributed by atoms with Crippen LogP contribution in [-0.4, -0.2) is 0 Å². The first-order valence-corrected chi connectivity index (χ1v) is 5.75. The third kappa shape index (κ3) is 1.33. The Morgan fingerprint density at radius 1 is 1.50 bits per heavy atom. The Hall–Kier alpha value is 1.11.